The molecule has 2 rings (SSSR count). The van der Waals surface area contributed by atoms with Gasteiger partial charge in [-0.25, -0.2) is 0 Å². The first-order valence-corrected chi connectivity index (χ1v) is 7.20. The smallest absolute Gasteiger partial charge is 0.0629 e. The maximum atomic E-state index is 6.26. The van der Waals surface area contributed by atoms with E-state index >= 15 is 0 Å². The SMILES string of the molecule is Cc1nn(C)c(C)c1CC(N)c1cscc1Br. The third kappa shape index (κ3) is 2.46. The molecular formula is C12H16BrN3S. The summed E-state index contributed by atoms with van der Waals surface area (Å²) < 4.78 is 3.02. The van der Waals surface area contributed by atoms with Crippen molar-refractivity contribution in [3.05, 3.63) is 37.7 Å². The van der Waals surface area contributed by atoms with Gasteiger partial charge in [0.05, 0.1) is 5.69 Å². The van der Waals surface area contributed by atoms with Crippen LogP contribution in [0.5, 0.6) is 0 Å². The first-order chi connectivity index (χ1) is 8.00. The molecule has 17 heavy (non-hydrogen) atoms. The minimum absolute atomic E-state index is 0.0252. The molecule has 5 heteroatoms. The highest BCUT2D eigenvalue weighted by atomic mass is 79.9. The van der Waals surface area contributed by atoms with Crippen LogP contribution in [0.2, 0.25) is 0 Å². The molecule has 0 aliphatic heterocycles. The van der Waals surface area contributed by atoms with Crippen molar-refractivity contribution >= 4 is 27.3 Å². The zero-order valence-electron chi connectivity index (χ0n) is 10.2. The number of hydrogen-bond donors (Lipinski definition) is 1. The number of rotatable bonds is 3. The fraction of sp³-hybridized carbons (Fsp3) is 0.417. The van der Waals surface area contributed by atoms with Gasteiger partial charge in [-0.2, -0.15) is 16.4 Å². The lowest BCUT2D eigenvalue weighted by Crippen LogP contribution is -2.14. The zero-order valence-corrected chi connectivity index (χ0v) is 12.6. The molecule has 0 bridgehead atoms. The lowest BCUT2D eigenvalue weighted by atomic mass is 10.0. The number of halogens is 1. The van der Waals surface area contributed by atoms with E-state index in [1.807, 2.05) is 18.7 Å². The third-order valence-electron chi connectivity index (χ3n) is 3.12. The molecule has 2 aromatic rings. The Morgan fingerprint density at radius 1 is 1.47 bits per heavy atom. The van der Waals surface area contributed by atoms with E-state index in [-0.39, 0.29) is 6.04 Å². The monoisotopic (exact) mass is 313 g/mol. The highest BCUT2D eigenvalue weighted by Gasteiger charge is 2.16. The summed E-state index contributed by atoms with van der Waals surface area (Å²) in [7, 11) is 1.97. The molecule has 2 aromatic heterocycles. The quantitative estimate of drug-likeness (QED) is 0.946. The van der Waals surface area contributed by atoms with Gasteiger partial charge in [-0.05, 0) is 52.7 Å². The predicted molar refractivity (Wildman–Crippen MR) is 75.3 cm³/mol. The number of nitrogens with two attached hydrogens (primary N) is 1. The summed E-state index contributed by atoms with van der Waals surface area (Å²) in [5.74, 6) is 0. The second-order valence-electron chi connectivity index (χ2n) is 4.26. The van der Waals surface area contributed by atoms with Gasteiger partial charge in [0.15, 0.2) is 0 Å². The zero-order chi connectivity index (χ0) is 12.6. The summed E-state index contributed by atoms with van der Waals surface area (Å²) >= 11 is 5.20. The molecule has 1 unspecified atom stereocenters. The van der Waals surface area contributed by atoms with Crippen LogP contribution >= 0.6 is 27.3 Å². The first-order valence-electron chi connectivity index (χ1n) is 5.47. The van der Waals surface area contributed by atoms with E-state index in [0.717, 1.165) is 16.6 Å². The molecule has 0 radical (unpaired) electrons. The van der Waals surface area contributed by atoms with E-state index in [9.17, 15) is 0 Å². The molecule has 0 spiro atoms. The van der Waals surface area contributed by atoms with Crippen molar-refractivity contribution in [1.82, 2.24) is 9.78 Å². The maximum absolute atomic E-state index is 6.26. The Balaban J connectivity index is 2.24. The largest absolute Gasteiger partial charge is 0.324 e. The molecule has 0 aliphatic carbocycles. The first kappa shape index (κ1) is 12.8. The highest BCUT2D eigenvalue weighted by molar-refractivity contribution is 9.10. The average molecular weight is 314 g/mol. The molecule has 1 atom stereocenters. The molecule has 0 saturated carbocycles. The lowest BCUT2D eigenvalue weighted by molar-refractivity contribution is 0.707. The second kappa shape index (κ2) is 4.92. The fourth-order valence-corrected chi connectivity index (χ4v) is 3.65. The summed E-state index contributed by atoms with van der Waals surface area (Å²) in [6.45, 7) is 4.13. The van der Waals surface area contributed by atoms with Gasteiger partial charge in [-0.1, -0.05) is 0 Å². The summed E-state index contributed by atoms with van der Waals surface area (Å²) in [6, 6.07) is 0.0252. The van der Waals surface area contributed by atoms with Gasteiger partial charge >= 0.3 is 0 Å². The molecule has 0 aromatic carbocycles. The van der Waals surface area contributed by atoms with Crippen LogP contribution in [0.3, 0.4) is 0 Å². The Bertz CT molecular complexity index is 530. The van der Waals surface area contributed by atoms with Crippen LogP contribution in [0, 0.1) is 13.8 Å². The van der Waals surface area contributed by atoms with Crippen LogP contribution in [0.25, 0.3) is 0 Å². The standard InChI is InChI=1S/C12H16BrN3S/c1-7-9(8(2)16(3)15-7)4-12(14)10-5-17-6-11(10)13/h5-6,12H,4,14H2,1-3H3. The van der Waals surface area contributed by atoms with Crippen LogP contribution in [-0.4, -0.2) is 9.78 Å². The number of thiophene rings is 1. The normalized spacial score (nSPS) is 13.0. The van der Waals surface area contributed by atoms with Crippen LogP contribution in [0.1, 0.15) is 28.6 Å². The Morgan fingerprint density at radius 2 is 2.18 bits per heavy atom. The van der Waals surface area contributed by atoms with Crippen LogP contribution in [-0.2, 0) is 13.5 Å². The van der Waals surface area contributed by atoms with Crippen LogP contribution in [0.15, 0.2) is 15.2 Å². The molecule has 0 aliphatic rings. The fourth-order valence-electron chi connectivity index (χ4n) is 2.00. The van der Waals surface area contributed by atoms with Gasteiger partial charge in [0.2, 0.25) is 0 Å². The van der Waals surface area contributed by atoms with Crippen molar-refractivity contribution in [2.75, 3.05) is 0 Å². The van der Waals surface area contributed by atoms with E-state index < -0.39 is 0 Å². The highest BCUT2D eigenvalue weighted by Crippen LogP contribution is 2.29. The number of aryl methyl sites for hydroxylation is 2. The lowest BCUT2D eigenvalue weighted by Gasteiger charge is -2.11. The summed E-state index contributed by atoms with van der Waals surface area (Å²) in [5.41, 5.74) is 11.0. The number of aromatic nitrogens is 2. The molecule has 2 heterocycles. The Kier molecular flexibility index (Phi) is 3.70. The van der Waals surface area contributed by atoms with Crippen molar-refractivity contribution in [2.24, 2.45) is 12.8 Å². The molecule has 0 saturated heterocycles. The van der Waals surface area contributed by atoms with Crippen molar-refractivity contribution in [1.29, 1.82) is 0 Å². The Hall–Kier alpha value is -0.650. The van der Waals surface area contributed by atoms with E-state index in [0.29, 0.717) is 0 Å². The van der Waals surface area contributed by atoms with Crippen molar-refractivity contribution < 1.29 is 0 Å². The molecule has 0 amide bonds. The van der Waals surface area contributed by atoms with E-state index in [1.165, 1.54) is 16.8 Å². The third-order valence-corrected chi connectivity index (χ3v) is 4.88. The summed E-state index contributed by atoms with van der Waals surface area (Å²) in [6.07, 6.45) is 0.834. The van der Waals surface area contributed by atoms with Crippen molar-refractivity contribution in [3.63, 3.8) is 0 Å². The van der Waals surface area contributed by atoms with Crippen molar-refractivity contribution in [2.45, 2.75) is 26.3 Å². The van der Waals surface area contributed by atoms with Gasteiger partial charge in [0.1, 0.15) is 0 Å². The van der Waals surface area contributed by atoms with Crippen LogP contribution in [0.4, 0.5) is 0 Å². The maximum Gasteiger partial charge on any atom is 0.0629 e. The molecule has 92 valence electrons. The second-order valence-corrected chi connectivity index (χ2v) is 5.86. The van der Waals surface area contributed by atoms with Gasteiger partial charge in [0.25, 0.3) is 0 Å². The van der Waals surface area contributed by atoms with E-state index in [1.54, 1.807) is 11.3 Å². The number of nitrogens with zero attached hydrogens (tertiary/aromatic N) is 2. The summed E-state index contributed by atoms with van der Waals surface area (Å²) in [5, 5.41) is 8.59. The molecule has 2 N–H and O–H groups in total. The summed E-state index contributed by atoms with van der Waals surface area (Å²) in [4.78, 5) is 0. The van der Waals surface area contributed by atoms with Gasteiger partial charge in [-0.15, -0.1) is 0 Å². The van der Waals surface area contributed by atoms with Gasteiger partial charge in [0, 0.05) is 28.6 Å². The Morgan fingerprint density at radius 3 is 2.65 bits per heavy atom. The van der Waals surface area contributed by atoms with Crippen LogP contribution < -0.4 is 5.73 Å². The number of hydrogen-bond acceptors (Lipinski definition) is 3. The topological polar surface area (TPSA) is 43.8 Å². The molecular weight excluding hydrogens is 298 g/mol. The van der Waals surface area contributed by atoms with E-state index in [2.05, 4.69) is 38.7 Å². The average Bonchev–Trinajstić information content (AvgIpc) is 2.78. The minimum Gasteiger partial charge on any atom is -0.324 e. The molecule has 3 nitrogen and oxygen atoms in total. The van der Waals surface area contributed by atoms with E-state index in [4.69, 9.17) is 5.73 Å². The van der Waals surface area contributed by atoms with Gasteiger partial charge < -0.3 is 5.73 Å². The Labute approximate surface area is 114 Å². The van der Waals surface area contributed by atoms with Crippen molar-refractivity contribution in [3.8, 4) is 0 Å². The predicted octanol–water partition coefficient (Wildman–Crippen LogP) is 3.10. The molecule has 0 fully saturated rings. The van der Waals surface area contributed by atoms with Gasteiger partial charge in [-0.3, -0.25) is 4.68 Å². The minimum atomic E-state index is 0.0252.